The number of esters is 1. The Bertz CT molecular complexity index is 606. The van der Waals surface area contributed by atoms with Crippen molar-refractivity contribution >= 4 is 11.9 Å². The molecule has 0 spiro atoms. The molecule has 1 aromatic rings. The van der Waals surface area contributed by atoms with E-state index in [0.717, 1.165) is 24.9 Å². The van der Waals surface area contributed by atoms with Gasteiger partial charge in [-0.2, -0.15) is 0 Å². The highest BCUT2D eigenvalue weighted by molar-refractivity contribution is 5.97. The van der Waals surface area contributed by atoms with Crippen LogP contribution in [-0.2, 0) is 16.0 Å². The summed E-state index contributed by atoms with van der Waals surface area (Å²) in [7, 11) is 0. The van der Waals surface area contributed by atoms with Crippen LogP contribution in [0.5, 0.6) is 0 Å². The van der Waals surface area contributed by atoms with Crippen LogP contribution in [0.25, 0.3) is 0 Å². The molecule has 1 heterocycles. The van der Waals surface area contributed by atoms with E-state index in [4.69, 9.17) is 4.74 Å². The number of hydrogen-bond acceptors (Lipinski definition) is 3. The summed E-state index contributed by atoms with van der Waals surface area (Å²) in [5, 5.41) is 0. The molecule has 0 aromatic heterocycles. The van der Waals surface area contributed by atoms with E-state index < -0.39 is 11.6 Å². The van der Waals surface area contributed by atoms with Gasteiger partial charge in [0.2, 0.25) is 0 Å². The molecule has 3 rings (SSSR count). The van der Waals surface area contributed by atoms with Crippen molar-refractivity contribution in [1.29, 1.82) is 0 Å². The predicted molar refractivity (Wildman–Crippen MR) is 83.5 cm³/mol. The lowest BCUT2D eigenvalue weighted by Gasteiger charge is -2.38. The van der Waals surface area contributed by atoms with E-state index >= 15 is 0 Å². The van der Waals surface area contributed by atoms with E-state index in [1.54, 1.807) is 13.0 Å². The Hall–Kier alpha value is -1.84. The van der Waals surface area contributed by atoms with E-state index in [1.165, 1.54) is 0 Å². The number of amides is 1. The van der Waals surface area contributed by atoms with Gasteiger partial charge in [-0.25, -0.2) is 4.79 Å². The first-order valence-corrected chi connectivity index (χ1v) is 8.03. The Morgan fingerprint density at radius 2 is 2.05 bits per heavy atom. The van der Waals surface area contributed by atoms with E-state index in [1.807, 2.05) is 23.1 Å². The summed E-state index contributed by atoms with van der Waals surface area (Å²) in [4.78, 5) is 27.2. The number of benzene rings is 1. The lowest BCUT2D eigenvalue weighted by atomic mass is 9.88. The maximum atomic E-state index is 13.0. The minimum absolute atomic E-state index is 0.0495. The van der Waals surface area contributed by atoms with Crippen LogP contribution in [0.2, 0.25) is 0 Å². The summed E-state index contributed by atoms with van der Waals surface area (Å²) in [5.74, 6) is -0.0377. The highest BCUT2D eigenvalue weighted by Gasteiger charge is 2.47. The van der Waals surface area contributed by atoms with Gasteiger partial charge in [0.25, 0.3) is 5.91 Å². The van der Waals surface area contributed by atoms with Crippen molar-refractivity contribution in [2.75, 3.05) is 6.54 Å². The standard InChI is InChI=1S/C18H23NO3/c1-12(2)11-19(14-8-9-14)17(21)18(3)10-13-6-4-5-7-15(13)16(20)22-18/h4-7,12,14H,8-11H2,1-3H3. The van der Waals surface area contributed by atoms with Gasteiger partial charge in [0, 0.05) is 19.0 Å². The van der Waals surface area contributed by atoms with Crippen molar-refractivity contribution in [3.05, 3.63) is 35.4 Å². The number of cyclic esters (lactones) is 1. The second kappa shape index (κ2) is 5.41. The van der Waals surface area contributed by atoms with E-state index in [0.29, 0.717) is 23.9 Å². The van der Waals surface area contributed by atoms with Gasteiger partial charge in [0.15, 0.2) is 5.60 Å². The quantitative estimate of drug-likeness (QED) is 0.803. The van der Waals surface area contributed by atoms with E-state index in [2.05, 4.69) is 13.8 Å². The Kier molecular flexibility index (Phi) is 3.71. The molecule has 4 heteroatoms. The lowest BCUT2D eigenvalue weighted by molar-refractivity contribution is -0.152. The van der Waals surface area contributed by atoms with Crippen LogP contribution in [0.3, 0.4) is 0 Å². The second-order valence-corrected chi connectivity index (χ2v) is 7.04. The fourth-order valence-corrected chi connectivity index (χ4v) is 3.13. The number of carbonyl (C=O) groups excluding carboxylic acids is 2. The van der Waals surface area contributed by atoms with Gasteiger partial charge in [-0.05, 0) is 37.3 Å². The predicted octanol–water partition coefficient (Wildman–Crippen LogP) is 2.81. The van der Waals surface area contributed by atoms with Gasteiger partial charge in [-0.1, -0.05) is 32.0 Å². The number of rotatable bonds is 4. The van der Waals surface area contributed by atoms with Crippen molar-refractivity contribution in [3.8, 4) is 0 Å². The first kappa shape index (κ1) is 15.1. The van der Waals surface area contributed by atoms with Crippen LogP contribution in [0.15, 0.2) is 24.3 Å². The van der Waals surface area contributed by atoms with E-state index in [-0.39, 0.29) is 5.91 Å². The zero-order valence-electron chi connectivity index (χ0n) is 13.5. The molecule has 0 saturated heterocycles. The van der Waals surface area contributed by atoms with Crippen LogP contribution in [-0.4, -0.2) is 35.0 Å². The minimum Gasteiger partial charge on any atom is -0.445 e. The van der Waals surface area contributed by atoms with Gasteiger partial charge >= 0.3 is 5.97 Å². The normalized spacial score (nSPS) is 23.9. The summed E-state index contributed by atoms with van der Waals surface area (Å²) >= 11 is 0. The Morgan fingerprint density at radius 1 is 1.36 bits per heavy atom. The fraction of sp³-hybridized carbons (Fsp3) is 0.556. The summed E-state index contributed by atoms with van der Waals surface area (Å²) in [6.07, 6.45) is 2.56. The van der Waals surface area contributed by atoms with Gasteiger partial charge in [-0.15, -0.1) is 0 Å². The number of hydrogen-bond donors (Lipinski definition) is 0. The summed E-state index contributed by atoms with van der Waals surface area (Å²) in [5.41, 5.74) is 0.396. The molecular weight excluding hydrogens is 278 g/mol. The molecule has 1 amide bonds. The van der Waals surface area contributed by atoms with Crippen molar-refractivity contribution in [2.24, 2.45) is 5.92 Å². The zero-order valence-corrected chi connectivity index (χ0v) is 13.5. The summed E-state index contributed by atoms with van der Waals surface area (Å²) in [6, 6.07) is 7.71. The summed E-state index contributed by atoms with van der Waals surface area (Å²) < 4.78 is 5.57. The number of ether oxygens (including phenoxy) is 1. The average Bonchev–Trinajstić information content (AvgIpc) is 3.28. The topological polar surface area (TPSA) is 46.6 Å². The molecule has 0 N–H and O–H groups in total. The zero-order chi connectivity index (χ0) is 15.9. The molecule has 22 heavy (non-hydrogen) atoms. The molecule has 4 nitrogen and oxygen atoms in total. The molecule has 1 aliphatic carbocycles. The molecule has 1 saturated carbocycles. The molecule has 1 aromatic carbocycles. The molecule has 2 aliphatic rings. The Morgan fingerprint density at radius 3 is 2.68 bits per heavy atom. The van der Waals surface area contributed by atoms with Crippen LogP contribution in [0.1, 0.15) is 49.5 Å². The van der Waals surface area contributed by atoms with Gasteiger partial charge in [0.05, 0.1) is 5.56 Å². The van der Waals surface area contributed by atoms with Crippen molar-refractivity contribution < 1.29 is 14.3 Å². The first-order valence-electron chi connectivity index (χ1n) is 8.03. The molecule has 1 fully saturated rings. The van der Waals surface area contributed by atoms with Crippen LogP contribution >= 0.6 is 0 Å². The molecule has 118 valence electrons. The summed E-state index contributed by atoms with van der Waals surface area (Å²) in [6.45, 7) is 6.68. The largest absolute Gasteiger partial charge is 0.445 e. The highest BCUT2D eigenvalue weighted by Crippen LogP contribution is 2.34. The van der Waals surface area contributed by atoms with Crippen molar-refractivity contribution in [1.82, 2.24) is 4.90 Å². The minimum atomic E-state index is -1.08. The monoisotopic (exact) mass is 301 g/mol. The smallest absolute Gasteiger partial charge is 0.339 e. The lowest BCUT2D eigenvalue weighted by Crippen LogP contribution is -2.54. The maximum Gasteiger partial charge on any atom is 0.339 e. The van der Waals surface area contributed by atoms with E-state index in [9.17, 15) is 9.59 Å². The van der Waals surface area contributed by atoms with Crippen molar-refractivity contribution in [3.63, 3.8) is 0 Å². The highest BCUT2D eigenvalue weighted by atomic mass is 16.6. The number of fused-ring (bicyclic) bond motifs is 1. The number of carbonyl (C=O) groups is 2. The third-order valence-corrected chi connectivity index (χ3v) is 4.35. The number of nitrogens with zero attached hydrogens (tertiary/aromatic N) is 1. The van der Waals surface area contributed by atoms with Crippen LogP contribution in [0, 0.1) is 5.92 Å². The van der Waals surface area contributed by atoms with Crippen molar-refractivity contribution in [2.45, 2.75) is 51.7 Å². The average molecular weight is 301 g/mol. The molecule has 1 atom stereocenters. The SMILES string of the molecule is CC(C)CN(C(=O)C1(C)Cc2ccccc2C(=O)O1)C1CC1. The first-order chi connectivity index (χ1) is 10.4. The second-order valence-electron chi connectivity index (χ2n) is 7.04. The maximum absolute atomic E-state index is 13.0. The third kappa shape index (κ3) is 2.74. The van der Waals surface area contributed by atoms with Crippen LogP contribution in [0.4, 0.5) is 0 Å². The fourth-order valence-electron chi connectivity index (χ4n) is 3.13. The third-order valence-electron chi connectivity index (χ3n) is 4.35. The molecule has 1 unspecified atom stereocenters. The Balaban J connectivity index is 1.87. The van der Waals surface area contributed by atoms with Gasteiger partial charge in [0.1, 0.15) is 0 Å². The molecule has 1 aliphatic heterocycles. The van der Waals surface area contributed by atoms with Gasteiger partial charge in [-0.3, -0.25) is 4.79 Å². The van der Waals surface area contributed by atoms with Crippen LogP contribution < -0.4 is 0 Å². The Labute approximate surface area is 131 Å². The molecule has 0 bridgehead atoms. The van der Waals surface area contributed by atoms with Gasteiger partial charge < -0.3 is 9.64 Å². The molecule has 0 radical (unpaired) electrons. The molecular formula is C18H23NO3.